The van der Waals surface area contributed by atoms with Crippen molar-refractivity contribution >= 4 is 0 Å². The molecule has 13 heavy (non-hydrogen) atoms. The minimum atomic E-state index is -0.710. The summed E-state index contributed by atoms with van der Waals surface area (Å²) in [5.74, 6) is 0.226. The number of hydrogen-bond acceptors (Lipinski definition) is 3. The van der Waals surface area contributed by atoms with Crippen LogP contribution in [0.2, 0.25) is 0 Å². The number of rotatable bonds is 4. The van der Waals surface area contributed by atoms with E-state index in [1.54, 1.807) is 0 Å². The molecule has 1 fully saturated rings. The van der Waals surface area contributed by atoms with Crippen molar-refractivity contribution in [2.24, 2.45) is 5.92 Å². The van der Waals surface area contributed by atoms with Crippen LogP contribution in [-0.4, -0.2) is 36.0 Å². The normalized spacial score (nSPS) is 25.4. The lowest BCUT2D eigenvalue weighted by atomic mass is 9.92. The molecule has 0 bridgehead atoms. The molecular formula is C10H21NO2. The van der Waals surface area contributed by atoms with E-state index < -0.39 is 5.60 Å². The highest BCUT2D eigenvalue weighted by Crippen LogP contribution is 2.22. The fourth-order valence-corrected chi connectivity index (χ4v) is 1.07. The predicted octanol–water partition coefficient (Wildman–Crippen LogP) is 0.772. The molecule has 3 heteroatoms. The molecule has 3 nitrogen and oxygen atoms in total. The van der Waals surface area contributed by atoms with Gasteiger partial charge in [0.2, 0.25) is 0 Å². The number of nitrogens with one attached hydrogen (secondary N) is 1. The lowest BCUT2D eigenvalue weighted by molar-refractivity contribution is -0.138. The Morgan fingerprint density at radius 3 is 2.38 bits per heavy atom. The highest BCUT2D eigenvalue weighted by molar-refractivity contribution is 4.91. The molecule has 1 rings (SSSR count). The molecule has 1 unspecified atom stereocenters. The topological polar surface area (TPSA) is 41.5 Å². The number of aliphatic hydroxyl groups is 1. The van der Waals surface area contributed by atoms with Crippen LogP contribution in [0.25, 0.3) is 0 Å². The highest BCUT2D eigenvalue weighted by atomic mass is 16.5. The fraction of sp³-hybridized carbons (Fsp3) is 1.00. The standard InChI is InChI=1S/C10H21NO2/c1-8(2)10(4,12)7-13-9(3)5-11-6-9/h8,11-12H,5-7H2,1-4H3. The Bertz CT molecular complexity index is 174. The van der Waals surface area contributed by atoms with Crippen LogP contribution in [0, 0.1) is 5.92 Å². The Kier molecular flexibility index (Phi) is 3.00. The van der Waals surface area contributed by atoms with Crippen molar-refractivity contribution in [2.45, 2.75) is 38.9 Å². The third-order valence-corrected chi connectivity index (χ3v) is 2.95. The summed E-state index contributed by atoms with van der Waals surface area (Å²) in [6, 6.07) is 0. The van der Waals surface area contributed by atoms with E-state index in [1.807, 2.05) is 20.8 Å². The molecule has 0 saturated carbocycles. The summed E-state index contributed by atoms with van der Waals surface area (Å²) in [4.78, 5) is 0. The predicted molar refractivity (Wildman–Crippen MR) is 52.7 cm³/mol. The Labute approximate surface area is 80.5 Å². The van der Waals surface area contributed by atoms with Crippen molar-refractivity contribution in [1.29, 1.82) is 0 Å². The monoisotopic (exact) mass is 187 g/mol. The van der Waals surface area contributed by atoms with Crippen molar-refractivity contribution < 1.29 is 9.84 Å². The molecule has 0 aromatic heterocycles. The lowest BCUT2D eigenvalue weighted by Crippen LogP contribution is -2.60. The maximum atomic E-state index is 9.93. The molecular weight excluding hydrogens is 166 g/mol. The summed E-state index contributed by atoms with van der Waals surface area (Å²) in [7, 11) is 0. The largest absolute Gasteiger partial charge is 0.388 e. The van der Waals surface area contributed by atoms with Crippen molar-refractivity contribution in [2.75, 3.05) is 19.7 Å². The fourth-order valence-electron chi connectivity index (χ4n) is 1.07. The van der Waals surface area contributed by atoms with E-state index in [0.29, 0.717) is 6.61 Å². The summed E-state index contributed by atoms with van der Waals surface area (Å²) in [6.45, 7) is 10.1. The number of ether oxygens (including phenoxy) is 1. The zero-order valence-corrected chi connectivity index (χ0v) is 9.05. The van der Waals surface area contributed by atoms with Crippen molar-refractivity contribution in [3.8, 4) is 0 Å². The van der Waals surface area contributed by atoms with E-state index >= 15 is 0 Å². The van der Waals surface area contributed by atoms with Gasteiger partial charge in [0.1, 0.15) is 0 Å². The van der Waals surface area contributed by atoms with E-state index in [2.05, 4.69) is 12.2 Å². The summed E-state index contributed by atoms with van der Waals surface area (Å²) >= 11 is 0. The second-order valence-electron chi connectivity index (χ2n) is 4.85. The summed E-state index contributed by atoms with van der Waals surface area (Å²) in [5, 5.41) is 13.1. The van der Waals surface area contributed by atoms with Gasteiger partial charge in [0, 0.05) is 13.1 Å². The van der Waals surface area contributed by atoms with Crippen LogP contribution < -0.4 is 5.32 Å². The van der Waals surface area contributed by atoms with Crippen LogP contribution in [0.3, 0.4) is 0 Å². The molecule has 1 heterocycles. The zero-order valence-electron chi connectivity index (χ0n) is 9.05. The lowest BCUT2D eigenvalue weighted by Gasteiger charge is -2.41. The second kappa shape index (κ2) is 3.56. The molecule has 0 aromatic rings. The maximum absolute atomic E-state index is 9.93. The average molecular weight is 187 g/mol. The minimum absolute atomic E-state index is 0.0567. The third kappa shape index (κ3) is 2.66. The van der Waals surface area contributed by atoms with Crippen molar-refractivity contribution in [3.63, 3.8) is 0 Å². The Morgan fingerprint density at radius 1 is 1.54 bits per heavy atom. The first-order chi connectivity index (χ1) is 5.86. The van der Waals surface area contributed by atoms with Gasteiger partial charge in [-0.2, -0.15) is 0 Å². The molecule has 2 N–H and O–H groups in total. The quantitative estimate of drug-likeness (QED) is 0.683. The molecule has 1 aliphatic heterocycles. The SMILES string of the molecule is CC(C)C(C)(O)COC1(C)CNC1. The first kappa shape index (κ1) is 11.0. The van der Waals surface area contributed by atoms with E-state index in [-0.39, 0.29) is 11.5 Å². The molecule has 0 aromatic carbocycles. The Hall–Kier alpha value is -0.120. The van der Waals surface area contributed by atoms with Gasteiger partial charge in [-0.3, -0.25) is 0 Å². The minimum Gasteiger partial charge on any atom is -0.388 e. The summed E-state index contributed by atoms with van der Waals surface area (Å²) < 4.78 is 5.68. The van der Waals surface area contributed by atoms with Gasteiger partial charge in [0.05, 0.1) is 17.8 Å². The van der Waals surface area contributed by atoms with Crippen molar-refractivity contribution in [3.05, 3.63) is 0 Å². The average Bonchev–Trinajstić information content (AvgIpc) is 1.97. The van der Waals surface area contributed by atoms with Gasteiger partial charge in [-0.25, -0.2) is 0 Å². The van der Waals surface area contributed by atoms with Gasteiger partial charge < -0.3 is 15.2 Å². The van der Waals surface area contributed by atoms with Crippen LogP contribution in [0.4, 0.5) is 0 Å². The molecule has 1 aliphatic rings. The van der Waals surface area contributed by atoms with Crippen molar-refractivity contribution in [1.82, 2.24) is 5.32 Å². The first-order valence-corrected chi connectivity index (χ1v) is 4.93. The van der Waals surface area contributed by atoms with Crippen LogP contribution >= 0.6 is 0 Å². The highest BCUT2D eigenvalue weighted by Gasteiger charge is 2.36. The van der Waals surface area contributed by atoms with E-state index in [4.69, 9.17) is 4.74 Å². The maximum Gasteiger partial charge on any atom is 0.0903 e. The second-order valence-corrected chi connectivity index (χ2v) is 4.85. The summed E-state index contributed by atoms with van der Waals surface area (Å²) in [6.07, 6.45) is 0. The van der Waals surface area contributed by atoms with Gasteiger partial charge in [0.15, 0.2) is 0 Å². The molecule has 0 spiro atoms. The van der Waals surface area contributed by atoms with E-state index in [0.717, 1.165) is 13.1 Å². The van der Waals surface area contributed by atoms with Crippen LogP contribution in [0.15, 0.2) is 0 Å². The van der Waals surface area contributed by atoms with Crippen LogP contribution in [0.5, 0.6) is 0 Å². The molecule has 0 radical (unpaired) electrons. The Morgan fingerprint density at radius 2 is 2.08 bits per heavy atom. The van der Waals surface area contributed by atoms with E-state index in [9.17, 15) is 5.11 Å². The molecule has 1 saturated heterocycles. The van der Waals surface area contributed by atoms with Gasteiger partial charge in [-0.1, -0.05) is 13.8 Å². The van der Waals surface area contributed by atoms with Crippen LogP contribution in [-0.2, 0) is 4.74 Å². The zero-order chi connectivity index (χ0) is 10.1. The molecule has 1 atom stereocenters. The first-order valence-electron chi connectivity index (χ1n) is 4.93. The van der Waals surface area contributed by atoms with Gasteiger partial charge in [-0.05, 0) is 19.8 Å². The van der Waals surface area contributed by atoms with E-state index in [1.165, 1.54) is 0 Å². The molecule has 0 amide bonds. The Balaban J connectivity index is 2.32. The van der Waals surface area contributed by atoms with Gasteiger partial charge in [0.25, 0.3) is 0 Å². The van der Waals surface area contributed by atoms with Gasteiger partial charge >= 0.3 is 0 Å². The smallest absolute Gasteiger partial charge is 0.0903 e. The third-order valence-electron chi connectivity index (χ3n) is 2.95. The molecule has 78 valence electrons. The summed E-state index contributed by atoms with van der Waals surface area (Å²) in [5.41, 5.74) is -0.766. The number of hydrogen-bond donors (Lipinski definition) is 2. The van der Waals surface area contributed by atoms with Gasteiger partial charge in [-0.15, -0.1) is 0 Å². The van der Waals surface area contributed by atoms with Crippen LogP contribution in [0.1, 0.15) is 27.7 Å². The molecule has 0 aliphatic carbocycles.